The van der Waals surface area contributed by atoms with Crippen molar-refractivity contribution in [3.63, 3.8) is 0 Å². The number of aromatic nitrogens is 4. The Morgan fingerprint density at radius 2 is 1.74 bits per heavy atom. The molecule has 0 amide bonds. The molecule has 0 saturated carbocycles. The maximum absolute atomic E-state index is 13.1. The molecule has 0 unspecified atom stereocenters. The maximum Gasteiger partial charge on any atom is 0.280 e. The van der Waals surface area contributed by atoms with Crippen LogP contribution in [0.15, 0.2) is 12.1 Å². The molecule has 0 aliphatic rings. The normalized spacial score (nSPS) is 11.9. The molecule has 6 heteroatoms. The number of halogens is 2. The molecule has 0 atom stereocenters. The van der Waals surface area contributed by atoms with Crippen LogP contribution in [0.4, 0.5) is 8.78 Å². The number of hydrogen-bond donors (Lipinski definition) is 0. The second kappa shape index (κ2) is 3.94. The van der Waals surface area contributed by atoms with Gasteiger partial charge in [-0.25, -0.2) is 23.3 Å². The highest BCUT2D eigenvalue weighted by Gasteiger charge is 2.18. The zero-order chi connectivity index (χ0) is 13.7. The van der Waals surface area contributed by atoms with Gasteiger partial charge < -0.3 is 0 Å². The van der Waals surface area contributed by atoms with Crippen molar-refractivity contribution < 1.29 is 8.78 Å². The van der Waals surface area contributed by atoms with Crippen molar-refractivity contribution in [2.45, 2.75) is 27.2 Å². The predicted octanol–water partition coefficient (Wildman–Crippen LogP) is 3.14. The van der Waals surface area contributed by atoms with Gasteiger partial charge in [-0.15, -0.1) is 5.10 Å². The van der Waals surface area contributed by atoms with Crippen LogP contribution in [-0.4, -0.2) is 19.6 Å². The largest absolute Gasteiger partial charge is 0.280 e. The lowest BCUT2D eigenvalue weighted by Crippen LogP contribution is -2.02. The van der Waals surface area contributed by atoms with Gasteiger partial charge in [-0.2, -0.15) is 0 Å². The van der Waals surface area contributed by atoms with E-state index in [1.807, 2.05) is 19.9 Å². The number of alkyl halides is 2. The topological polar surface area (TPSA) is 43.1 Å². The SMILES string of the molecule is Cc1cc(C)c2c(n1)nn1c(C(F)F)cc(C)nc21. The van der Waals surface area contributed by atoms with Crippen molar-refractivity contribution in [2.24, 2.45) is 0 Å². The number of pyridine rings is 1. The molecule has 3 aromatic heterocycles. The first kappa shape index (κ1) is 12.0. The predicted molar refractivity (Wildman–Crippen MR) is 67.5 cm³/mol. The quantitative estimate of drug-likeness (QED) is 0.676. The van der Waals surface area contributed by atoms with Gasteiger partial charge in [0, 0.05) is 11.4 Å². The van der Waals surface area contributed by atoms with Crippen LogP contribution in [-0.2, 0) is 0 Å². The van der Waals surface area contributed by atoms with Crippen LogP contribution in [0.1, 0.15) is 29.1 Å². The number of rotatable bonds is 1. The molecule has 19 heavy (non-hydrogen) atoms. The molecule has 0 saturated heterocycles. The molecule has 0 N–H and O–H groups in total. The molecule has 0 spiro atoms. The molecule has 3 heterocycles. The van der Waals surface area contributed by atoms with Crippen LogP contribution in [0, 0.1) is 20.8 Å². The van der Waals surface area contributed by atoms with Gasteiger partial charge in [0.25, 0.3) is 6.43 Å². The zero-order valence-electron chi connectivity index (χ0n) is 10.8. The highest BCUT2D eigenvalue weighted by Crippen LogP contribution is 2.26. The lowest BCUT2D eigenvalue weighted by atomic mass is 10.2. The van der Waals surface area contributed by atoms with E-state index < -0.39 is 6.43 Å². The van der Waals surface area contributed by atoms with E-state index in [9.17, 15) is 8.78 Å². The van der Waals surface area contributed by atoms with E-state index in [4.69, 9.17) is 0 Å². The molecule has 0 fully saturated rings. The van der Waals surface area contributed by atoms with Crippen LogP contribution in [0.25, 0.3) is 16.7 Å². The van der Waals surface area contributed by atoms with Crippen LogP contribution in [0.3, 0.4) is 0 Å². The van der Waals surface area contributed by atoms with E-state index in [0.717, 1.165) is 16.6 Å². The zero-order valence-corrected chi connectivity index (χ0v) is 10.8. The van der Waals surface area contributed by atoms with Crippen LogP contribution >= 0.6 is 0 Å². The van der Waals surface area contributed by atoms with Gasteiger partial charge in [0.1, 0.15) is 5.69 Å². The highest BCUT2D eigenvalue weighted by atomic mass is 19.3. The Kier molecular flexibility index (Phi) is 2.48. The molecule has 0 bridgehead atoms. The molecule has 98 valence electrons. The average molecular weight is 262 g/mol. The van der Waals surface area contributed by atoms with Crippen LogP contribution in [0.2, 0.25) is 0 Å². The fraction of sp³-hybridized carbons (Fsp3) is 0.308. The summed E-state index contributed by atoms with van der Waals surface area (Å²) in [6.45, 7) is 5.45. The molecule has 0 aliphatic heterocycles. The molecular weight excluding hydrogens is 250 g/mol. The van der Waals surface area contributed by atoms with E-state index in [1.54, 1.807) is 6.92 Å². The van der Waals surface area contributed by atoms with Crippen molar-refractivity contribution in [1.29, 1.82) is 0 Å². The van der Waals surface area contributed by atoms with Gasteiger partial charge in [-0.05, 0) is 38.5 Å². The van der Waals surface area contributed by atoms with Gasteiger partial charge in [0.15, 0.2) is 11.3 Å². The Hall–Kier alpha value is -2.11. The van der Waals surface area contributed by atoms with Crippen molar-refractivity contribution in [1.82, 2.24) is 19.6 Å². The fourth-order valence-electron chi connectivity index (χ4n) is 2.33. The molecule has 0 radical (unpaired) electrons. The molecule has 3 rings (SSSR count). The van der Waals surface area contributed by atoms with Gasteiger partial charge in [0.05, 0.1) is 5.39 Å². The van der Waals surface area contributed by atoms with E-state index >= 15 is 0 Å². The molecular formula is C13H12F2N4. The molecule has 3 aromatic rings. The first-order valence-electron chi connectivity index (χ1n) is 5.90. The third kappa shape index (κ3) is 1.75. The van der Waals surface area contributed by atoms with Gasteiger partial charge >= 0.3 is 0 Å². The second-order valence-corrected chi connectivity index (χ2v) is 4.64. The summed E-state index contributed by atoms with van der Waals surface area (Å²) < 4.78 is 27.3. The van der Waals surface area contributed by atoms with Gasteiger partial charge in [-0.1, -0.05) is 0 Å². The van der Waals surface area contributed by atoms with E-state index in [0.29, 0.717) is 17.0 Å². The third-order valence-electron chi connectivity index (χ3n) is 3.05. The molecule has 0 aromatic carbocycles. The van der Waals surface area contributed by atoms with E-state index in [-0.39, 0.29) is 5.69 Å². The Morgan fingerprint density at radius 1 is 1.05 bits per heavy atom. The van der Waals surface area contributed by atoms with Gasteiger partial charge in [0.2, 0.25) is 0 Å². The minimum atomic E-state index is -2.60. The summed E-state index contributed by atoms with van der Waals surface area (Å²) in [6, 6.07) is 3.25. The number of aryl methyl sites for hydroxylation is 3. The summed E-state index contributed by atoms with van der Waals surface area (Å²) in [5.41, 5.74) is 3.04. The Morgan fingerprint density at radius 3 is 2.42 bits per heavy atom. The second-order valence-electron chi connectivity index (χ2n) is 4.64. The minimum absolute atomic E-state index is 0.155. The van der Waals surface area contributed by atoms with Crippen molar-refractivity contribution >= 4 is 16.7 Å². The summed E-state index contributed by atoms with van der Waals surface area (Å²) in [5, 5.41) is 4.89. The lowest BCUT2D eigenvalue weighted by molar-refractivity contribution is 0.143. The van der Waals surface area contributed by atoms with E-state index in [1.165, 1.54) is 10.6 Å². The monoisotopic (exact) mass is 262 g/mol. The summed E-state index contributed by atoms with van der Waals surface area (Å²) in [7, 11) is 0. The summed E-state index contributed by atoms with van der Waals surface area (Å²) in [6.07, 6.45) is -2.60. The van der Waals surface area contributed by atoms with Crippen molar-refractivity contribution in [3.05, 3.63) is 34.8 Å². The molecule has 0 aliphatic carbocycles. The number of hydrogen-bond acceptors (Lipinski definition) is 3. The van der Waals surface area contributed by atoms with Crippen LogP contribution < -0.4 is 0 Å². The smallest absolute Gasteiger partial charge is 0.233 e. The first-order chi connectivity index (χ1) is 8.97. The van der Waals surface area contributed by atoms with Crippen LogP contribution in [0.5, 0.6) is 0 Å². The number of nitrogens with zero attached hydrogens (tertiary/aromatic N) is 4. The van der Waals surface area contributed by atoms with Gasteiger partial charge in [-0.3, -0.25) is 0 Å². The highest BCUT2D eigenvalue weighted by molar-refractivity contribution is 5.92. The Balaban J connectivity index is 2.54. The average Bonchev–Trinajstić information content (AvgIpc) is 2.65. The Bertz CT molecular complexity index is 792. The lowest BCUT2D eigenvalue weighted by Gasteiger charge is -2.04. The summed E-state index contributed by atoms with van der Waals surface area (Å²) in [4.78, 5) is 8.61. The first-order valence-corrected chi connectivity index (χ1v) is 5.90. The minimum Gasteiger partial charge on any atom is -0.233 e. The Labute approximate surface area is 108 Å². The maximum atomic E-state index is 13.1. The van der Waals surface area contributed by atoms with Crippen molar-refractivity contribution in [3.8, 4) is 0 Å². The standard InChI is InChI=1S/C13H12F2N4/c1-6-4-7(2)16-12-10(6)13-17-8(3)5-9(11(14)15)19(13)18-12/h4-5,11H,1-3H3. The van der Waals surface area contributed by atoms with Crippen molar-refractivity contribution in [2.75, 3.05) is 0 Å². The van der Waals surface area contributed by atoms with E-state index in [2.05, 4.69) is 15.1 Å². The summed E-state index contributed by atoms with van der Waals surface area (Å²) in [5.74, 6) is 0. The summed E-state index contributed by atoms with van der Waals surface area (Å²) >= 11 is 0. The molecule has 4 nitrogen and oxygen atoms in total. The third-order valence-corrected chi connectivity index (χ3v) is 3.05. The number of fused-ring (bicyclic) bond motifs is 3. The fourth-order valence-corrected chi connectivity index (χ4v) is 2.33.